The topological polar surface area (TPSA) is 67.4 Å². The van der Waals surface area contributed by atoms with Crippen LogP contribution >= 0.6 is 0 Å². The SMILES string of the molecule is COc1ccc(S(=O)(=O)NCC[C@H]2CCCN2)cc1C. The quantitative estimate of drug-likeness (QED) is 0.833. The summed E-state index contributed by atoms with van der Waals surface area (Å²) in [6.07, 6.45) is 3.13. The standard InChI is InChI=1S/C14H22N2O3S/c1-11-10-13(5-6-14(11)19-2)20(17,18)16-9-7-12-4-3-8-15-12/h5-6,10,12,15-16H,3-4,7-9H2,1-2H3/t12-/m1/s1. The van der Waals surface area contributed by atoms with E-state index in [2.05, 4.69) is 10.0 Å². The number of sulfonamides is 1. The van der Waals surface area contributed by atoms with E-state index in [9.17, 15) is 8.42 Å². The highest BCUT2D eigenvalue weighted by molar-refractivity contribution is 7.89. The Morgan fingerprint density at radius 3 is 2.85 bits per heavy atom. The summed E-state index contributed by atoms with van der Waals surface area (Å²) in [4.78, 5) is 0.287. The minimum atomic E-state index is -3.43. The molecule has 0 aromatic heterocycles. The Morgan fingerprint density at radius 1 is 1.45 bits per heavy atom. The van der Waals surface area contributed by atoms with E-state index < -0.39 is 10.0 Å². The Kier molecular flexibility index (Phi) is 5.01. The first-order valence-electron chi connectivity index (χ1n) is 6.90. The zero-order valence-corrected chi connectivity index (χ0v) is 12.8. The van der Waals surface area contributed by atoms with E-state index in [1.807, 2.05) is 6.92 Å². The number of nitrogens with one attached hydrogen (secondary N) is 2. The monoisotopic (exact) mass is 298 g/mol. The zero-order valence-electron chi connectivity index (χ0n) is 12.0. The molecule has 0 radical (unpaired) electrons. The van der Waals surface area contributed by atoms with Crippen LogP contribution in [0.1, 0.15) is 24.8 Å². The number of hydrogen-bond acceptors (Lipinski definition) is 4. The number of benzene rings is 1. The fourth-order valence-corrected chi connectivity index (χ4v) is 3.60. The van der Waals surface area contributed by atoms with Gasteiger partial charge in [0.25, 0.3) is 0 Å². The number of rotatable bonds is 6. The van der Waals surface area contributed by atoms with E-state index in [4.69, 9.17) is 4.74 Å². The molecule has 1 fully saturated rings. The molecule has 112 valence electrons. The highest BCUT2D eigenvalue weighted by Crippen LogP contribution is 2.21. The van der Waals surface area contributed by atoms with Crippen molar-refractivity contribution in [3.8, 4) is 5.75 Å². The molecule has 1 aliphatic heterocycles. The zero-order chi connectivity index (χ0) is 14.6. The molecule has 6 heteroatoms. The van der Waals surface area contributed by atoms with E-state index in [0.29, 0.717) is 18.3 Å². The second kappa shape index (κ2) is 6.56. The molecule has 0 unspecified atom stereocenters. The first-order chi connectivity index (χ1) is 9.53. The van der Waals surface area contributed by atoms with Gasteiger partial charge in [-0.25, -0.2) is 13.1 Å². The minimum absolute atomic E-state index is 0.287. The van der Waals surface area contributed by atoms with Crippen molar-refractivity contribution in [1.82, 2.24) is 10.0 Å². The normalized spacial score (nSPS) is 19.2. The lowest BCUT2D eigenvalue weighted by atomic mass is 10.2. The average molecular weight is 298 g/mol. The van der Waals surface area contributed by atoms with Crippen molar-refractivity contribution in [3.63, 3.8) is 0 Å². The number of aryl methyl sites for hydroxylation is 1. The van der Waals surface area contributed by atoms with Gasteiger partial charge in [0.15, 0.2) is 0 Å². The van der Waals surface area contributed by atoms with Crippen LogP contribution in [0.3, 0.4) is 0 Å². The molecule has 1 atom stereocenters. The first-order valence-corrected chi connectivity index (χ1v) is 8.39. The Morgan fingerprint density at radius 2 is 2.25 bits per heavy atom. The molecule has 1 aromatic rings. The van der Waals surface area contributed by atoms with Crippen LogP contribution in [0.5, 0.6) is 5.75 Å². The summed E-state index contributed by atoms with van der Waals surface area (Å²) in [5.41, 5.74) is 0.813. The van der Waals surface area contributed by atoms with Gasteiger partial charge in [-0.2, -0.15) is 0 Å². The molecule has 1 aliphatic rings. The van der Waals surface area contributed by atoms with Crippen molar-refractivity contribution >= 4 is 10.0 Å². The second-order valence-corrected chi connectivity index (χ2v) is 6.88. The maximum absolute atomic E-state index is 12.2. The van der Waals surface area contributed by atoms with Gasteiger partial charge in [-0.15, -0.1) is 0 Å². The molecule has 0 saturated carbocycles. The Bertz CT molecular complexity index is 552. The smallest absolute Gasteiger partial charge is 0.240 e. The van der Waals surface area contributed by atoms with E-state index in [-0.39, 0.29) is 4.90 Å². The number of methoxy groups -OCH3 is 1. The predicted octanol–water partition coefficient (Wildman–Crippen LogP) is 1.42. The fourth-order valence-electron chi connectivity index (χ4n) is 2.47. The maximum Gasteiger partial charge on any atom is 0.240 e. The van der Waals surface area contributed by atoms with E-state index in [1.165, 1.54) is 6.42 Å². The van der Waals surface area contributed by atoms with Gasteiger partial charge in [0.1, 0.15) is 5.75 Å². The van der Waals surface area contributed by atoms with Crippen LogP contribution in [-0.2, 0) is 10.0 Å². The molecule has 20 heavy (non-hydrogen) atoms. The minimum Gasteiger partial charge on any atom is -0.496 e. The third-order valence-corrected chi connectivity index (χ3v) is 5.08. The molecule has 0 aliphatic carbocycles. The van der Waals surface area contributed by atoms with Crippen molar-refractivity contribution in [3.05, 3.63) is 23.8 Å². The van der Waals surface area contributed by atoms with Gasteiger partial charge in [-0.1, -0.05) is 0 Å². The lowest BCUT2D eigenvalue weighted by molar-refractivity contribution is 0.411. The van der Waals surface area contributed by atoms with Gasteiger partial charge in [0.2, 0.25) is 10.0 Å². The summed E-state index contributed by atoms with van der Waals surface area (Å²) in [7, 11) is -1.86. The summed E-state index contributed by atoms with van der Waals surface area (Å²) >= 11 is 0. The van der Waals surface area contributed by atoms with Crippen molar-refractivity contribution in [2.45, 2.75) is 37.1 Å². The van der Waals surface area contributed by atoms with Crippen molar-refractivity contribution < 1.29 is 13.2 Å². The van der Waals surface area contributed by atoms with E-state index >= 15 is 0 Å². The molecule has 5 nitrogen and oxygen atoms in total. The fraction of sp³-hybridized carbons (Fsp3) is 0.571. The van der Waals surface area contributed by atoms with Gasteiger partial charge in [-0.05, 0) is 56.5 Å². The Hall–Kier alpha value is -1.11. The van der Waals surface area contributed by atoms with Gasteiger partial charge in [-0.3, -0.25) is 0 Å². The average Bonchev–Trinajstić information content (AvgIpc) is 2.91. The van der Waals surface area contributed by atoms with Crippen LogP contribution in [0.15, 0.2) is 23.1 Å². The predicted molar refractivity (Wildman–Crippen MR) is 78.6 cm³/mol. The molecule has 0 amide bonds. The van der Waals surface area contributed by atoms with Crippen LogP contribution < -0.4 is 14.8 Å². The van der Waals surface area contributed by atoms with Gasteiger partial charge >= 0.3 is 0 Å². The van der Waals surface area contributed by atoms with Crippen LogP contribution in [0.25, 0.3) is 0 Å². The Balaban J connectivity index is 1.96. The van der Waals surface area contributed by atoms with Gasteiger partial charge in [0, 0.05) is 12.6 Å². The maximum atomic E-state index is 12.2. The number of hydrogen-bond donors (Lipinski definition) is 2. The lowest BCUT2D eigenvalue weighted by Crippen LogP contribution is -2.30. The highest BCUT2D eigenvalue weighted by Gasteiger charge is 2.17. The molecule has 2 N–H and O–H groups in total. The van der Waals surface area contributed by atoms with Crippen LogP contribution in [0, 0.1) is 6.92 Å². The lowest BCUT2D eigenvalue weighted by Gasteiger charge is -2.12. The summed E-state index contributed by atoms with van der Waals surface area (Å²) < 4.78 is 32.2. The summed E-state index contributed by atoms with van der Waals surface area (Å²) in [6, 6.07) is 5.33. The summed E-state index contributed by atoms with van der Waals surface area (Å²) in [6.45, 7) is 3.33. The van der Waals surface area contributed by atoms with Crippen LogP contribution in [0.2, 0.25) is 0 Å². The van der Waals surface area contributed by atoms with Crippen LogP contribution in [0.4, 0.5) is 0 Å². The Labute approximate surface area is 120 Å². The molecule has 2 rings (SSSR count). The molecule has 0 spiro atoms. The largest absolute Gasteiger partial charge is 0.496 e. The highest BCUT2D eigenvalue weighted by atomic mass is 32.2. The summed E-state index contributed by atoms with van der Waals surface area (Å²) in [5.74, 6) is 0.694. The second-order valence-electron chi connectivity index (χ2n) is 5.11. The number of ether oxygens (including phenoxy) is 1. The van der Waals surface area contributed by atoms with E-state index in [0.717, 1.165) is 24.9 Å². The molecular formula is C14H22N2O3S. The van der Waals surface area contributed by atoms with Crippen molar-refractivity contribution in [2.24, 2.45) is 0 Å². The molecular weight excluding hydrogens is 276 g/mol. The molecule has 0 bridgehead atoms. The molecule has 1 saturated heterocycles. The van der Waals surface area contributed by atoms with Crippen molar-refractivity contribution in [1.29, 1.82) is 0 Å². The molecule has 1 heterocycles. The van der Waals surface area contributed by atoms with E-state index in [1.54, 1.807) is 25.3 Å². The van der Waals surface area contributed by atoms with Gasteiger partial charge in [0.05, 0.1) is 12.0 Å². The van der Waals surface area contributed by atoms with Gasteiger partial charge < -0.3 is 10.1 Å². The van der Waals surface area contributed by atoms with Crippen molar-refractivity contribution in [2.75, 3.05) is 20.2 Å². The first kappa shape index (κ1) is 15.3. The third-order valence-electron chi connectivity index (χ3n) is 3.62. The molecule has 1 aromatic carbocycles. The summed E-state index contributed by atoms with van der Waals surface area (Å²) in [5, 5.41) is 3.36. The van der Waals surface area contributed by atoms with Crippen LogP contribution in [-0.4, -0.2) is 34.7 Å². The third kappa shape index (κ3) is 3.71.